The van der Waals surface area contributed by atoms with Crippen LogP contribution in [0.15, 0.2) is 18.2 Å². The van der Waals surface area contributed by atoms with E-state index in [9.17, 15) is 5.11 Å². The SMILES string of the molecule is CC(C)(O)[C@@H]1CNCCO[C@H]1c1ccc(Cl)c(Cl)c1.Cl. The molecule has 1 saturated heterocycles. The van der Waals surface area contributed by atoms with Crippen LogP contribution in [-0.4, -0.2) is 30.4 Å². The van der Waals surface area contributed by atoms with Gasteiger partial charge in [0.1, 0.15) is 0 Å². The molecule has 2 atom stereocenters. The van der Waals surface area contributed by atoms with Gasteiger partial charge >= 0.3 is 0 Å². The highest BCUT2D eigenvalue weighted by Gasteiger charge is 2.36. The first-order valence-electron chi connectivity index (χ1n) is 6.39. The molecule has 0 radical (unpaired) electrons. The first-order chi connectivity index (χ1) is 8.89. The molecule has 6 heteroatoms. The molecule has 0 saturated carbocycles. The number of benzene rings is 1. The van der Waals surface area contributed by atoms with Crippen LogP contribution in [0.2, 0.25) is 10.0 Å². The Morgan fingerprint density at radius 2 is 2.00 bits per heavy atom. The summed E-state index contributed by atoms with van der Waals surface area (Å²) in [5.41, 5.74) is 0.110. The molecule has 2 rings (SSSR count). The van der Waals surface area contributed by atoms with Crippen molar-refractivity contribution in [1.29, 1.82) is 0 Å². The van der Waals surface area contributed by atoms with E-state index in [4.69, 9.17) is 27.9 Å². The number of rotatable bonds is 2. The number of ether oxygens (including phenoxy) is 1. The van der Waals surface area contributed by atoms with Crippen LogP contribution in [0, 0.1) is 5.92 Å². The van der Waals surface area contributed by atoms with E-state index >= 15 is 0 Å². The fourth-order valence-corrected chi connectivity index (χ4v) is 2.68. The Kier molecular flexibility index (Phi) is 6.58. The Labute approximate surface area is 136 Å². The molecule has 0 bridgehead atoms. The number of nitrogens with one attached hydrogen (secondary N) is 1. The van der Waals surface area contributed by atoms with Crippen molar-refractivity contribution in [1.82, 2.24) is 5.32 Å². The lowest BCUT2D eigenvalue weighted by atomic mass is 9.83. The third-order valence-electron chi connectivity index (χ3n) is 3.49. The Hall–Kier alpha value is -0.0300. The molecule has 3 nitrogen and oxygen atoms in total. The van der Waals surface area contributed by atoms with E-state index in [1.165, 1.54) is 0 Å². The normalized spacial score (nSPS) is 23.9. The van der Waals surface area contributed by atoms with Crippen LogP contribution in [0.4, 0.5) is 0 Å². The largest absolute Gasteiger partial charge is 0.390 e. The van der Waals surface area contributed by atoms with Gasteiger partial charge in [-0.3, -0.25) is 0 Å². The zero-order valence-corrected chi connectivity index (χ0v) is 13.9. The van der Waals surface area contributed by atoms with E-state index < -0.39 is 5.60 Å². The second-order valence-corrected chi connectivity index (χ2v) is 6.24. The molecule has 0 amide bonds. The molecule has 1 aromatic rings. The smallest absolute Gasteiger partial charge is 0.0893 e. The molecule has 1 aromatic carbocycles. The van der Waals surface area contributed by atoms with Crippen LogP contribution in [0.25, 0.3) is 0 Å². The van der Waals surface area contributed by atoms with Gasteiger partial charge in [-0.15, -0.1) is 12.4 Å². The summed E-state index contributed by atoms with van der Waals surface area (Å²) >= 11 is 12.0. The first kappa shape index (κ1) is 18.0. The zero-order valence-electron chi connectivity index (χ0n) is 11.5. The predicted molar refractivity (Wildman–Crippen MR) is 85.1 cm³/mol. The summed E-state index contributed by atoms with van der Waals surface area (Å²) < 4.78 is 5.90. The molecule has 20 heavy (non-hydrogen) atoms. The molecule has 0 aromatic heterocycles. The van der Waals surface area contributed by atoms with Crippen molar-refractivity contribution in [2.45, 2.75) is 25.6 Å². The summed E-state index contributed by atoms with van der Waals surface area (Å²) in [6.07, 6.45) is -0.190. The summed E-state index contributed by atoms with van der Waals surface area (Å²) in [5.74, 6) is -0.0488. The van der Waals surface area contributed by atoms with E-state index in [-0.39, 0.29) is 24.4 Å². The van der Waals surface area contributed by atoms with Gasteiger partial charge in [-0.1, -0.05) is 29.3 Å². The van der Waals surface area contributed by atoms with Crippen molar-refractivity contribution >= 4 is 35.6 Å². The number of halogens is 3. The van der Waals surface area contributed by atoms with Gasteiger partial charge in [0.05, 0.1) is 28.4 Å². The number of hydrogen-bond donors (Lipinski definition) is 2. The Bertz CT molecular complexity index is 449. The second kappa shape index (κ2) is 7.30. The average molecular weight is 341 g/mol. The molecular weight excluding hydrogens is 321 g/mol. The van der Waals surface area contributed by atoms with Gasteiger partial charge < -0.3 is 15.2 Å². The topological polar surface area (TPSA) is 41.5 Å². The number of hydrogen-bond acceptors (Lipinski definition) is 3. The maximum Gasteiger partial charge on any atom is 0.0893 e. The van der Waals surface area contributed by atoms with Crippen molar-refractivity contribution in [2.75, 3.05) is 19.7 Å². The van der Waals surface area contributed by atoms with Crippen LogP contribution < -0.4 is 5.32 Å². The lowest BCUT2D eigenvalue weighted by molar-refractivity contribution is -0.0649. The van der Waals surface area contributed by atoms with Gasteiger partial charge in [0.2, 0.25) is 0 Å². The molecule has 1 fully saturated rings. The highest BCUT2D eigenvalue weighted by Crippen LogP contribution is 2.36. The average Bonchev–Trinajstić information content (AvgIpc) is 2.57. The lowest BCUT2D eigenvalue weighted by Crippen LogP contribution is -2.40. The van der Waals surface area contributed by atoms with Crippen molar-refractivity contribution in [3.63, 3.8) is 0 Å². The van der Waals surface area contributed by atoms with Crippen LogP contribution in [0.5, 0.6) is 0 Å². The molecule has 0 spiro atoms. The van der Waals surface area contributed by atoms with Gasteiger partial charge in [0, 0.05) is 19.0 Å². The monoisotopic (exact) mass is 339 g/mol. The van der Waals surface area contributed by atoms with Gasteiger partial charge in [0.15, 0.2) is 0 Å². The van der Waals surface area contributed by atoms with E-state index in [1.54, 1.807) is 19.9 Å². The third kappa shape index (κ3) is 4.23. The van der Waals surface area contributed by atoms with Gasteiger partial charge in [-0.05, 0) is 31.5 Å². The second-order valence-electron chi connectivity index (χ2n) is 5.43. The van der Waals surface area contributed by atoms with Crippen molar-refractivity contribution in [3.8, 4) is 0 Å². The highest BCUT2D eigenvalue weighted by molar-refractivity contribution is 6.42. The number of aliphatic hydroxyl groups is 1. The van der Waals surface area contributed by atoms with Crippen molar-refractivity contribution in [2.24, 2.45) is 5.92 Å². The first-order valence-corrected chi connectivity index (χ1v) is 7.15. The summed E-state index contributed by atoms with van der Waals surface area (Å²) in [5, 5.41) is 14.7. The van der Waals surface area contributed by atoms with Crippen LogP contribution in [0.1, 0.15) is 25.5 Å². The Morgan fingerprint density at radius 3 is 2.60 bits per heavy atom. The maximum atomic E-state index is 10.3. The van der Waals surface area contributed by atoms with Gasteiger partial charge in [-0.2, -0.15) is 0 Å². The summed E-state index contributed by atoms with van der Waals surface area (Å²) in [7, 11) is 0. The quantitative estimate of drug-likeness (QED) is 0.866. The van der Waals surface area contributed by atoms with Crippen LogP contribution in [0.3, 0.4) is 0 Å². The molecule has 1 heterocycles. The Balaban J connectivity index is 0.00000200. The standard InChI is InChI=1S/C14H19Cl2NO2.ClH/c1-14(2,18)10-8-17-5-6-19-13(10)9-3-4-11(15)12(16)7-9;/h3-4,7,10,13,17-18H,5-6,8H2,1-2H3;1H/t10-,13+;/m1./s1. The Morgan fingerprint density at radius 1 is 1.30 bits per heavy atom. The minimum atomic E-state index is -0.839. The molecule has 0 unspecified atom stereocenters. The fraction of sp³-hybridized carbons (Fsp3) is 0.571. The minimum absolute atomic E-state index is 0. The molecule has 1 aliphatic heterocycles. The van der Waals surface area contributed by atoms with E-state index in [0.29, 0.717) is 23.2 Å². The molecule has 0 aliphatic carbocycles. The molecule has 114 valence electrons. The minimum Gasteiger partial charge on any atom is -0.390 e. The van der Waals surface area contributed by atoms with E-state index in [1.807, 2.05) is 12.1 Å². The summed E-state index contributed by atoms with van der Waals surface area (Å²) in [6, 6.07) is 5.49. The molecule has 1 aliphatic rings. The highest BCUT2D eigenvalue weighted by atomic mass is 35.5. The van der Waals surface area contributed by atoms with Crippen molar-refractivity contribution in [3.05, 3.63) is 33.8 Å². The van der Waals surface area contributed by atoms with Crippen LogP contribution in [-0.2, 0) is 4.74 Å². The maximum absolute atomic E-state index is 10.3. The van der Waals surface area contributed by atoms with E-state index in [0.717, 1.165) is 12.1 Å². The van der Waals surface area contributed by atoms with Crippen molar-refractivity contribution < 1.29 is 9.84 Å². The molecular formula is C14H20Cl3NO2. The molecule has 2 N–H and O–H groups in total. The summed E-state index contributed by atoms with van der Waals surface area (Å²) in [4.78, 5) is 0. The van der Waals surface area contributed by atoms with E-state index in [2.05, 4.69) is 5.32 Å². The third-order valence-corrected chi connectivity index (χ3v) is 4.22. The summed E-state index contributed by atoms with van der Waals surface area (Å²) in [6.45, 7) is 5.70. The lowest BCUT2D eigenvalue weighted by Gasteiger charge is -2.34. The zero-order chi connectivity index (χ0) is 14.0. The predicted octanol–water partition coefficient (Wildman–Crippen LogP) is 3.46. The van der Waals surface area contributed by atoms with Gasteiger partial charge in [-0.25, -0.2) is 0 Å². The van der Waals surface area contributed by atoms with Gasteiger partial charge in [0.25, 0.3) is 0 Å². The van der Waals surface area contributed by atoms with Crippen LogP contribution >= 0.6 is 35.6 Å². The fourth-order valence-electron chi connectivity index (χ4n) is 2.38.